The SMILES string of the molecule is c1ccc(-c2ccc3c(oc4ccccc43)c2N(c2cc3c4ccccc4n4c5ccccc5c(c2)c34)c2cccc3c2oc2ccccc23)cc1. The molecule has 0 aliphatic carbocycles. The Kier molecular flexibility index (Phi) is 5.47. The van der Waals surface area contributed by atoms with Gasteiger partial charge in [-0.05, 0) is 54.1 Å². The molecule has 0 spiro atoms. The molecule has 4 aromatic heterocycles. The number of para-hydroxylation sites is 5. The fourth-order valence-corrected chi connectivity index (χ4v) is 8.71. The van der Waals surface area contributed by atoms with E-state index >= 15 is 0 Å². The van der Waals surface area contributed by atoms with E-state index in [-0.39, 0.29) is 0 Å². The Morgan fingerprint density at radius 2 is 0.942 bits per heavy atom. The molecule has 0 saturated carbocycles. The number of anilines is 3. The first kappa shape index (κ1) is 27.7. The van der Waals surface area contributed by atoms with Crippen molar-refractivity contribution in [3.8, 4) is 11.1 Å². The molecule has 4 nitrogen and oxygen atoms in total. The number of hydrogen-bond acceptors (Lipinski definition) is 3. The van der Waals surface area contributed by atoms with Crippen molar-refractivity contribution < 1.29 is 8.83 Å². The van der Waals surface area contributed by atoms with E-state index in [9.17, 15) is 0 Å². The maximum Gasteiger partial charge on any atom is 0.160 e. The Balaban J connectivity index is 1.29. The van der Waals surface area contributed by atoms with Crippen LogP contribution in [0.1, 0.15) is 0 Å². The van der Waals surface area contributed by atoms with Crippen LogP contribution < -0.4 is 4.90 Å². The molecule has 0 atom stereocenters. The van der Waals surface area contributed by atoms with Gasteiger partial charge in [-0.3, -0.25) is 0 Å². The summed E-state index contributed by atoms with van der Waals surface area (Å²) in [5.41, 5.74) is 12.1. The predicted octanol–water partition coefficient (Wildman–Crippen LogP) is 13.8. The average molecular weight is 665 g/mol. The smallest absolute Gasteiger partial charge is 0.160 e. The first-order chi connectivity index (χ1) is 25.8. The molecule has 0 unspecified atom stereocenters. The highest BCUT2D eigenvalue weighted by molar-refractivity contribution is 6.25. The minimum atomic E-state index is 0.829. The van der Waals surface area contributed by atoms with E-state index in [0.717, 1.165) is 72.1 Å². The van der Waals surface area contributed by atoms with Gasteiger partial charge in [0.15, 0.2) is 11.2 Å². The van der Waals surface area contributed by atoms with E-state index in [1.165, 1.54) is 38.1 Å². The van der Waals surface area contributed by atoms with Gasteiger partial charge >= 0.3 is 0 Å². The van der Waals surface area contributed by atoms with Gasteiger partial charge in [0.1, 0.15) is 11.2 Å². The van der Waals surface area contributed by atoms with E-state index < -0.39 is 0 Å². The second-order valence-electron chi connectivity index (χ2n) is 13.6. The quantitative estimate of drug-likeness (QED) is 0.188. The first-order valence-electron chi connectivity index (χ1n) is 17.7. The molecule has 0 bridgehead atoms. The zero-order valence-electron chi connectivity index (χ0n) is 27.9. The van der Waals surface area contributed by atoms with Crippen molar-refractivity contribution in [3.05, 3.63) is 170 Å². The van der Waals surface area contributed by atoms with Gasteiger partial charge in [0, 0.05) is 54.3 Å². The van der Waals surface area contributed by atoms with Crippen LogP contribution >= 0.6 is 0 Å². The molecular weight excluding hydrogens is 637 g/mol. The molecule has 0 fully saturated rings. The number of nitrogens with zero attached hydrogens (tertiary/aromatic N) is 2. The minimum Gasteiger partial charge on any atom is -0.454 e. The molecule has 0 N–H and O–H groups in total. The summed E-state index contributed by atoms with van der Waals surface area (Å²) in [7, 11) is 0. The summed E-state index contributed by atoms with van der Waals surface area (Å²) in [6, 6.07) is 60.4. The lowest BCUT2D eigenvalue weighted by Gasteiger charge is -2.28. The average Bonchev–Trinajstić information content (AvgIpc) is 3.96. The predicted molar refractivity (Wildman–Crippen MR) is 216 cm³/mol. The summed E-state index contributed by atoms with van der Waals surface area (Å²) in [6.45, 7) is 0. The highest BCUT2D eigenvalue weighted by atomic mass is 16.3. The third-order valence-corrected chi connectivity index (χ3v) is 10.9. The largest absolute Gasteiger partial charge is 0.454 e. The third-order valence-electron chi connectivity index (χ3n) is 10.9. The number of aromatic nitrogens is 1. The summed E-state index contributed by atoms with van der Waals surface area (Å²) in [5.74, 6) is 0. The number of benzene rings is 8. The van der Waals surface area contributed by atoms with Crippen molar-refractivity contribution >= 4 is 99.0 Å². The van der Waals surface area contributed by atoms with Crippen molar-refractivity contribution in [1.82, 2.24) is 4.40 Å². The van der Waals surface area contributed by atoms with Gasteiger partial charge < -0.3 is 18.1 Å². The summed E-state index contributed by atoms with van der Waals surface area (Å²) in [5, 5.41) is 9.19. The lowest BCUT2D eigenvalue weighted by atomic mass is 9.98. The molecule has 12 rings (SSSR count). The molecule has 0 aliphatic rings. The number of fused-ring (bicyclic) bond motifs is 12. The molecule has 12 aromatic rings. The molecule has 52 heavy (non-hydrogen) atoms. The Morgan fingerprint density at radius 3 is 1.62 bits per heavy atom. The van der Waals surface area contributed by atoms with Crippen LogP contribution in [0.15, 0.2) is 179 Å². The van der Waals surface area contributed by atoms with Crippen molar-refractivity contribution in [2.75, 3.05) is 4.90 Å². The van der Waals surface area contributed by atoms with Crippen LogP contribution in [0, 0.1) is 0 Å². The van der Waals surface area contributed by atoms with Crippen molar-refractivity contribution in [2.24, 2.45) is 0 Å². The second kappa shape index (κ2) is 10.3. The minimum absolute atomic E-state index is 0.829. The zero-order chi connectivity index (χ0) is 33.9. The van der Waals surface area contributed by atoms with Crippen LogP contribution in [-0.4, -0.2) is 4.40 Å². The van der Waals surface area contributed by atoms with Crippen LogP contribution in [0.4, 0.5) is 17.1 Å². The van der Waals surface area contributed by atoms with Crippen LogP contribution in [0.3, 0.4) is 0 Å². The van der Waals surface area contributed by atoms with Crippen LogP contribution in [0.5, 0.6) is 0 Å². The fraction of sp³-hybridized carbons (Fsp3) is 0. The first-order valence-corrected chi connectivity index (χ1v) is 17.7. The van der Waals surface area contributed by atoms with E-state index in [1.807, 2.05) is 12.1 Å². The maximum atomic E-state index is 6.93. The standard InChI is InChI=1S/C48H28N2O2/c1-2-13-29(14-3-1)31-25-26-37-35-18-7-11-24-44(35)52-48(37)46(31)49(42-22-12-19-36-34-17-6-10-23-43(34)51-47(36)42)30-27-38-32-15-4-8-20-40(32)50-41-21-9-5-16-33(41)39(28-30)45(38)50/h1-28H. The topological polar surface area (TPSA) is 33.9 Å². The molecule has 0 saturated heterocycles. The summed E-state index contributed by atoms with van der Waals surface area (Å²) >= 11 is 0. The highest BCUT2D eigenvalue weighted by Gasteiger charge is 2.28. The van der Waals surface area contributed by atoms with Crippen LogP contribution in [0.25, 0.3) is 93.1 Å². The van der Waals surface area contributed by atoms with Gasteiger partial charge in [0.05, 0.1) is 27.9 Å². The molecule has 8 aromatic carbocycles. The van der Waals surface area contributed by atoms with E-state index in [2.05, 4.69) is 167 Å². The molecule has 0 aliphatic heterocycles. The third kappa shape index (κ3) is 3.65. The van der Waals surface area contributed by atoms with E-state index in [0.29, 0.717) is 0 Å². The van der Waals surface area contributed by atoms with Crippen LogP contribution in [0.2, 0.25) is 0 Å². The Hall–Kier alpha value is -7.04. The van der Waals surface area contributed by atoms with Crippen LogP contribution in [-0.2, 0) is 0 Å². The van der Waals surface area contributed by atoms with Gasteiger partial charge in [-0.25, -0.2) is 0 Å². The number of rotatable bonds is 4. The molecule has 4 heteroatoms. The lowest BCUT2D eigenvalue weighted by molar-refractivity contribution is 0.666. The van der Waals surface area contributed by atoms with Gasteiger partial charge in [-0.2, -0.15) is 0 Å². The van der Waals surface area contributed by atoms with Crippen molar-refractivity contribution in [3.63, 3.8) is 0 Å². The fourth-order valence-electron chi connectivity index (χ4n) is 8.71. The maximum absolute atomic E-state index is 6.93. The molecule has 0 radical (unpaired) electrons. The highest BCUT2D eigenvalue weighted by Crippen LogP contribution is 2.52. The molecule has 242 valence electrons. The number of furan rings is 2. The van der Waals surface area contributed by atoms with E-state index in [1.54, 1.807) is 0 Å². The van der Waals surface area contributed by atoms with Gasteiger partial charge in [0.2, 0.25) is 0 Å². The summed E-state index contributed by atoms with van der Waals surface area (Å²) in [6.07, 6.45) is 0. The van der Waals surface area contributed by atoms with Crippen molar-refractivity contribution in [1.29, 1.82) is 0 Å². The van der Waals surface area contributed by atoms with Crippen molar-refractivity contribution in [2.45, 2.75) is 0 Å². The molecular formula is C48H28N2O2. The zero-order valence-corrected chi connectivity index (χ0v) is 27.9. The van der Waals surface area contributed by atoms with Gasteiger partial charge in [0.25, 0.3) is 0 Å². The molecule has 0 amide bonds. The normalized spacial score (nSPS) is 12.2. The second-order valence-corrected chi connectivity index (χ2v) is 13.6. The summed E-state index contributed by atoms with van der Waals surface area (Å²) < 4.78 is 16.2. The van der Waals surface area contributed by atoms with Gasteiger partial charge in [-0.1, -0.05) is 121 Å². The van der Waals surface area contributed by atoms with E-state index in [4.69, 9.17) is 8.83 Å². The Labute approximate surface area is 297 Å². The summed E-state index contributed by atoms with van der Waals surface area (Å²) in [4.78, 5) is 2.39. The monoisotopic (exact) mass is 664 g/mol. The Morgan fingerprint density at radius 1 is 0.404 bits per heavy atom. The Bertz CT molecular complexity index is 3280. The number of hydrogen-bond donors (Lipinski definition) is 0. The molecule has 4 heterocycles. The van der Waals surface area contributed by atoms with Gasteiger partial charge in [-0.15, -0.1) is 0 Å². The lowest BCUT2D eigenvalue weighted by Crippen LogP contribution is -2.12.